The van der Waals surface area contributed by atoms with E-state index in [0.717, 1.165) is 25.7 Å². The molecule has 21 heavy (non-hydrogen) atoms. The minimum Gasteiger partial charge on any atom is -0.383 e. The van der Waals surface area contributed by atoms with E-state index in [1.165, 1.54) is 51.9 Å². The molecule has 2 unspecified atom stereocenters. The molecule has 0 aromatic rings. The summed E-state index contributed by atoms with van der Waals surface area (Å²) in [5, 5.41) is 3.61. The molecule has 2 heterocycles. The number of rotatable bonds is 8. The van der Waals surface area contributed by atoms with Crippen LogP contribution in [0.4, 0.5) is 0 Å². The van der Waals surface area contributed by atoms with Gasteiger partial charge >= 0.3 is 0 Å². The summed E-state index contributed by atoms with van der Waals surface area (Å²) in [5.74, 6) is 0.716. The Balaban J connectivity index is 1.77. The summed E-state index contributed by atoms with van der Waals surface area (Å²) in [6.45, 7) is 12.6. The third-order valence-electron chi connectivity index (χ3n) is 4.91. The average molecular weight is 297 g/mol. The lowest BCUT2D eigenvalue weighted by Crippen LogP contribution is -2.47. The maximum Gasteiger partial charge on any atom is 0.0630 e. The molecule has 0 amide bonds. The third kappa shape index (κ3) is 5.51. The second-order valence-corrected chi connectivity index (χ2v) is 7.20. The minimum atomic E-state index is 0.531. The van der Waals surface area contributed by atoms with Crippen LogP contribution in [0.5, 0.6) is 0 Å². The Morgan fingerprint density at radius 1 is 1.10 bits per heavy atom. The monoisotopic (exact) mass is 297 g/mol. The van der Waals surface area contributed by atoms with Crippen LogP contribution in [0.25, 0.3) is 0 Å². The quantitative estimate of drug-likeness (QED) is 0.739. The highest BCUT2D eigenvalue weighted by Gasteiger charge is 2.31. The van der Waals surface area contributed by atoms with Gasteiger partial charge in [0.1, 0.15) is 0 Å². The number of nitrogens with one attached hydrogen (secondary N) is 1. The van der Waals surface area contributed by atoms with Crippen molar-refractivity contribution in [1.29, 1.82) is 0 Å². The highest BCUT2D eigenvalue weighted by molar-refractivity contribution is 4.88. The zero-order valence-corrected chi connectivity index (χ0v) is 14.3. The Hall–Kier alpha value is -0.160. The Morgan fingerprint density at radius 2 is 1.86 bits per heavy atom. The van der Waals surface area contributed by atoms with Gasteiger partial charge in [0.25, 0.3) is 0 Å². The molecule has 2 rings (SSSR count). The Labute approximate surface area is 131 Å². The molecule has 0 aromatic heterocycles. The van der Waals surface area contributed by atoms with Crippen molar-refractivity contribution in [2.45, 2.75) is 51.6 Å². The molecule has 2 aliphatic heterocycles. The first-order valence-electron chi connectivity index (χ1n) is 8.88. The molecule has 2 aliphatic rings. The number of hydrogen-bond donors (Lipinski definition) is 1. The van der Waals surface area contributed by atoms with Crippen LogP contribution in [0.15, 0.2) is 0 Å². The van der Waals surface area contributed by atoms with Gasteiger partial charge in [-0.3, -0.25) is 9.80 Å². The SMILES string of the molecule is COCC(CNCC(C)C)N1CCC(N2CCCCC2)C1. The molecular weight excluding hydrogens is 262 g/mol. The Morgan fingerprint density at radius 3 is 2.52 bits per heavy atom. The zero-order chi connectivity index (χ0) is 15.1. The summed E-state index contributed by atoms with van der Waals surface area (Å²) in [5.41, 5.74) is 0. The smallest absolute Gasteiger partial charge is 0.0630 e. The molecule has 0 saturated carbocycles. The van der Waals surface area contributed by atoms with Gasteiger partial charge in [-0.05, 0) is 44.8 Å². The predicted octanol–water partition coefficient (Wildman–Crippen LogP) is 1.81. The normalized spacial score (nSPS) is 26.6. The maximum absolute atomic E-state index is 5.46. The minimum absolute atomic E-state index is 0.531. The molecular formula is C17H35N3O. The highest BCUT2D eigenvalue weighted by Crippen LogP contribution is 2.21. The molecule has 4 nitrogen and oxygen atoms in total. The van der Waals surface area contributed by atoms with E-state index in [4.69, 9.17) is 4.74 Å². The lowest BCUT2D eigenvalue weighted by atomic mass is 10.1. The number of hydrogen-bond acceptors (Lipinski definition) is 4. The lowest BCUT2D eigenvalue weighted by molar-refractivity contribution is 0.0934. The molecule has 124 valence electrons. The van der Waals surface area contributed by atoms with Gasteiger partial charge in [-0.25, -0.2) is 0 Å². The van der Waals surface area contributed by atoms with Gasteiger partial charge in [0.15, 0.2) is 0 Å². The fourth-order valence-electron chi connectivity index (χ4n) is 3.71. The summed E-state index contributed by atoms with van der Waals surface area (Å²) in [4.78, 5) is 5.38. The number of piperidine rings is 1. The first kappa shape index (κ1) is 17.2. The average Bonchev–Trinajstić information content (AvgIpc) is 2.97. The number of nitrogens with zero attached hydrogens (tertiary/aromatic N) is 2. The summed E-state index contributed by atoms with van der Waals surface area (Å²) < 4.78 is 5.46. The van der Waals surface area contributed by atoms with Crippen LogP contribution in [0.3, 0.4) is 0 Å². The van der Waals surface area contributed by atoms with E-state index >= 15 is 0 Å². The van der Waals surface area contributed by atoms with Crippen LogP contribution in [0.2, 0.25) is 0 Å². The zero-order valence-electron chi connectivity index (χ0n) is 14.3. The van der Waals surface area contributed by atoms with Crippen molar-refractivity contribution in [3.63, 3.8) is 0 Å². The molecule has 0 aliphatic carbocycles. The third-order valence-corrected chi connectivity index (χ3v) is 4.91. The second kappa shape index (κ2) is 9.09. The number of methoxy groups -OCH3 is 1. The van der Waals surface area contributed by atoms with E-state index in [1.54, 1.807) is 0 Å². The van der Waals surface area contributed by atoms with Gasteiger partial charge in [0, 0.05) is 38.8 Å². The van der Waals surface area contributed by atoms with Gasteiger partial charge in [-0.15, -0.1) is 0 Å². The summed E-state index contributed by atoms with van der Waals surface area (Å²) in [6.07, 6.45) is 5.56. The first-order chi connectivity index (χ1) is 10.2. The number of ether oxygens (including phenoxy) is 1. The van der Waals surface area contributed by atoms with E-state index in [2.05, 4.69) is 29.0 Å². The van der Waals surface area contributed by atoms with Crippen molar-refractivity contribution in [2.75, 3.05) is 53.0 Å². The Kier molecular flexibility index (Phi) is 7.44. The standard InChI is InChI=1S/C17H35N3O/c1-15(2)11-18-12-17(14-21-3)20-10-7-16(13-20)19-8-5-4-6-9-19/h15-18H,4-14H2,1-3H3. The molecule has 2 saturated heterocycles. The molecule has 0 spiro atoms. The fourth-order valence-corrected chi connectivity index (χ4v) is 3.71. The van der Waals surface area contributed by atoms with Gasteiger partial charge in [-0.1, -0.05) is 20.3 Å². The molecule has 1 N–H and O–H groups in total. The molecule has 2 fully saturated rings. The van der Waals surface area contributed by atoms with Crippen LogP contribution in [-0.2, 0) is 4.74 Å². The first-order valence-corrected chi connectivity index (χ1v) is 8.88. The summed E-state index contributed by atoms with van der Waals surface area (Å²) in [6, 6.07) is 1.32. The van der Waals surface area contributed by atoms with Gasteiger partial charge < -0.3 is 10.1 Å². The molecule has 0 aromatic carbocycles. The van der Waals surface area contributed by atoms with Crippen molar-refractivity contribution in [2.24, 2.45) is 5.92 Å². The van der Waals surface area contributed by atoms with Crippen LogP contribution < -0.4 is 5.32 Å². The van der Waals surface area contributed by atoms with Crippen molar-refractivity contribution >= 4 is 0 Å². The molecule has 0 bridgehead atoms. The van der Waals surface area contributed by atoms with E-state index in [9.17, 15) is 0 Å². The topological polar surface area (TPSA) is 27.7 Å². The maximum atomic E-state index is 5.46. The summed E-state index contributed by atoms with van der Waals surface area (Å²) >= 11 is 0. The van der Waals surface area contributed by atoms with Crippen LogP contribution >= 0.6 is 0 Å². The fraction of sp³-hybridized carbons (Fsp3) is 1.00. The van der Waals surface area contributed by atoms with E-state index in [-0.39, 0.29) is 0 Å². The van der Waals surface area contributed by atoms with E-state index < -0.39 is 0 Å². The van der Waals surface area contributed by atoms with Crippen molar-refractivity contribution < 1.29 is 4.74 Å². The summed E-state index contributed by atoms with van der Waals surface area (Å²) in [7, 11) is 1.83. The molecule has 2 atom stereocenters. The van der Waals surface area contributed by atoms with E-state index in [1.807, 2.05) is 7.11 Å². The van der Waals surface area contributed by atoms with E-state index in [0.29, 0.717) is 12.0 Å². The Bertz CT molecular complexity index is 279. The van der Waals surface area contributed by atoms with Gasteiger partial charge in [0.05, 0.1) is 6.61 Å². The molecule has 4 heteroatoms. The van der Waals surface area contributed by atoms with Crippen molar-refractivity contribution in [1.82, 2.24) is 15.1 Å². The second-order valence-electron chi connectivity index (χ2n) is 7.20. The lowest BCUT2D eigenvalue weighted by Gasteiger charge is -2.33. The largest absolute Gasteiger partial charge is 0.383 e. The van der Waals surface area contributed by atoms with Crippen LogP contribution in [0.1, 0.15) is 39.5 Å². The van der Waals surface area contributed by atoms with Crippen LogP contribution in [0, 0.1) is 5.92 Å². The van der Waals surface area contributed by atoms with Gasteiger partial charge in [-0.2, -0.15) is 0 Å². The molecule has 0 radical (unpaired) electrons. The predicted molar refractivity (Wildman–Crippen MR) is 88.8 cm³/mol. The number of likely N-dealkylation sites (tertiary alicyclic amines) is 2. The van der Waals surface area contributed by atoms with Crippen LogP contribution in [-0.4, -0.2) is 74.9 Å². The highest BCUT2D eigenvalue weighted by atomic mass is 16.5. The van der Waals surface area contributed by atoms with Gasteiger partial charge in [0.2, 0.25) is 0 Å². The van der Waals surface area contributed by atoms with Crippen molar-refractivity contribution in [3.8, 4) is 0 Å². The van der Waals surface area contributed by atoms with Crippen molar-refractivity contribution in [3.05, 3.63) is 0 Å².